The fourth-order valence-electron chi connectivity index (χ4n) is 2.55. The molecule has 1 aliphatic rings. The van der Waals surface area contributed by atoms with E-state index in [9.17, 15) is 5.11 Å². The van der Waals surface area contributed by atoms with Gasteiger partial charge >= 0.3 is 0 Å². The van der Waals surface area contributed by atoms with Gasteiger partial charge in [-0.05, 0) is 38.6 Å². The summed E-state index contributed by atoms with van der Waals surface area (Å²) in [6.45, 7) is 2.60. The maximum Gasteiger partial charge on any atom is 0.138 e. The molecule has 4 heteroatoms. The van der Waals surface area contributed by atoms with E-state index in [1.807, 2.05) is 18.2 Å². The van der Waals surface area contributed by atoms with Crippen LogP contribution in [0.1, 0.15) is 12.8 Å². The van der Waals surface area contributed by atoms with Crippen LogP contribution < -0.4 is 11.1 Å². The zero-order valence-electron chi connectivity index (χ0n) is 10.3. The lowest BCUT2D eigenvalue weighted by molar-refractivity contribution is 0.198. The lowest BCUT2D eigenvalue weighted by Crippen LogP contribution is -2.56. The number of nitrogens with zero attached hydrogens (tertiary/aromatic N) is 1. The Morgan fingerprint density at radius 3 is 2.88 bits per heavy atom. The number of benzene rings is 1. The molecule has 1 aromatic rings. The molecule has 1 unspecified atom stereocenters. The van der Waals surface area contributed by atoms with Crippen molar-refractivity contribution in [1.29, 1.82) is 0 Å². The quantitative estimate of drug-likeness (QED) is 0.690. The smallest absolute Gasteiger partial charge is 0.138 e. The molecule has 1 aliphatic heterocycles. The Bertz CT molecular complexity index is 383. The van der Waals surface area contributed by atoms with Gasteiger partial charge in [0.1, 0.15) is 5.75 Å². The Labute approximate surface area is 102 Å². The number of likely N-dealkylation sites (N-methyl/N-ethyl adjacent to an activating group) is 1. The normalized spacial score (nSPS) is 25.8. The zero-order valence-corrected chi connectivity index (χ0v) is 10.3. The first-order valence-electron chi connectivity index (χ1n) is 6.10. The first kappa shape index (κ1) is 12.2. The topological polar surface area (TPSA) is 61.5 Å². The highest BCUT2D eigenvalue weighted by atomic mass is 16.3. The number of piperidine rings is 1. The van der Waals surface area contributed by atoms with Crippen LogP contribution in [0.25, 0.3) is 0 Å². The summed E-state index contributed by atoms with van der Waals surface area (Å²) in [4.78, 5) is 2.28. The van der Waals surface area contributed by atoms with E-state index in [4.69, 9.17) is 5.73 Å². The monoisotopic (exact) mass is 235 g/mol. The van der Waals surface area contributed by atoms with Gasteiger partial charge in [0.25, 0.3) is 0 Å². The summed E-state index contributed by atoms with van der Waals surface area (Å²) in [6.07, 6.45) is 2.18. The summed E-state index contributed by atoms with van der Waals surface area (Å²) < 4.78 is 0. The van der Waals surface area contributed by atoms with Gasteiger partial charge in [0.2, 0.25) is 0 Å². The predicted molar refractivity (Wildman–Crippen MR) is 70.2 cm³/mol. The first-order valence-corrected chi connectivity index (χ1v) is 6.10. The highest BCUT2D eigenvalue weighted by Gasteiger charge is 2.33. The molecule has 0 aliphatic carbocycles. The molecular formula is C13H21N3O. The lowest BCUT2D eigenvalue weighted by Gasteiger charge is -2.42. The van der Waals surface area contributed by atoms with E-state index in [1.54, 1.807) is 6.07 Å². The fourth-order valence-corrected chi connectivity index (χ4v) is 2.55. The van der Waals surface area contributed by atoms with Crippen LogP contribution in [0.2, 0.25) is 0 Å². The van der Waals surface area contributed by atoms with Crippen LogP contribution in [-0.4, -0.2) is 42.2 Å². The number of likely N-dealkylation sites (tertiary alicyclic amines) is 1. The second-order valence-corrected chi connectivity index (χ2v) is 4.97. The van der Waals surface area contributed by atoms with E-state index in [2.05, 4.69) is 17.3 Å². The molecule has 2 rings (SSSR count). The number of hydrogen-bond acceptors (Lipinski definition) is 4. The largest absolute Gasteiger partial charge is 0.506 e. The van der Waals surface area contributed by atoms with Gasteiger partial charge < -0.3 is 21.1 Å². The zero-order chi connectivity index (χ0) is 12.3. The van der Waals surface area contributed by atoms with Crippen molar-refractivity contribution in [3.05, 3.63) is 24.3 Å². The minimum Gasteiger partial charge on any atom is -0.506 e. The number of aromatic hydroxyl groups is 1. The standard InChI is InChI=1S/C13H21N3O/c1-16-8-4-7-13(9-14,10-16)15-11-5-2-3-6-12(11)17/h2-3,5-6,15,17H,4,7-10,14H2,1H3. The van der Waals surface area contributed by atoms with Gasteiger partial charge in [-0.25, -0.2) is 0 Å². The summed E-state index contributed by atoms with van der Waals surface area (Å²) in [6, 6.07) is 7.32. The first-order chi connectivity index (χ1) is 8.15. The molecule has 0 bridgehead atoms. The third-order valence-corrected chi connectivity index (χ3v) is 3.46. The number of nitrogens with one attached hydrogen (secondary N) is 1. The van der Waals surface area contributed by atoms with E-state index in [0.717, 1.165) is 31.6 Å². The highest BCUT2D eigenvalue weighted by molar-refractivity contribution is 5.57. The minimum absolute atomic E-state index is 0.119. The average Bonchev–Trinajstić information content (AvgIpc) is 2.32. The highest BCUT2D eigenvalue weighted by Crippen LogP contribution is 2.29. The van der Waals surface area contributed by atoms with Gasteiger partial charge in [-0.15, -0.1) is 0 Å². The molecule has 0 amide bonds. The number of para-hydroxylation sites is 2. The van der Waals surface area contributed by atoms with Crippen LogP contribution in [0.4, 0.5) is 5.69 Å². The van der Waals surface area contributed by atoms with Crippen molar-refractivity contribution in [2.75, 3.05) is 32.0 Å². The van der Waals surface area contributed by atoms with Gasteiger partial charge in [-0.3, -0.25) is 0 Å². The maximum absolute atomic E-state index is 9.80. The number of nitrogens with two attached hydrogens (primary N) is 1. The van der Waals surface area contributed by atoms with Crippen molar-refractivity contribution >= 4 is 5.69 Å². The molecule has 1 fully saturated rings. The number of phenolic OH excluding ortho intramolecular Hbond substituents is 1. The van der Waals surface area contributed by atoms with E-state index in [1.165, 1.54) is 0 Å². The van der Waals surface area contributed by atoms with Gasteiger partial charge in [0.15, 0.2) is 0 Å². The number of rotatable bonds is 3. The molecule has 0 spiro atoms. The molecule has 0 radical (unpaired) electrons. The molecular weight excluding hydrogens is 214 g/mol. The summed E-state index contributed by atoms with van der Waals surface area (Å²) in [5.74, 6) is 0.286. The van der Waals surface area contributed by atoms with Crippen molar-refractivity contribution in [2.45, 2.75) is 18.4 Å². The molecule has 1 heterocycles. The van der Waals surface area contributed by atoms with E-state index >= 15 is 0 Å². The number of hydrogen-bond donors (Lipinski definition) is 3. The molecule has 1 aromatic carbocycles. The van der Waals surface area contributed by atoms with Gasteiger partial charge in [0, 0.05) is 13.1 Å². The summed E-state index contributed by atoms with van der Waals surface area (Å²) >= 11 is 0. The van der Waals surface area contributed by atoms with Crippen LogP contribution in [0.15, 0.2) is 24.3 Å². The Morgan fingerprint density at radius 2 is 2.24 bits per heavy atom. The van der Waals surface area contributed by atoms with Crippen LogP contribution in [-0.2, 0) is 0 Å². The maximum atomic E-state index is 9.80. The van der Waals surface area contributed by atoms with E-state index < -0.39 is 0 Å². The molecule has 17 heavy (non-hydrogen) atoms. The Kier molecular flexibility index (Phi) is 3.54. The minimum atomic E-state index is -0.119. The van der Waals surface area contributed by atoms with E-state index in [0.29, 0.717) is 6.54 Å². The average molecular weight is 235 g/mol. The molecule has 4 N–H and O–H groups in total. The predicted octanol–water partition coefficient (Wildman–Crippen LogP) is 1.23. The van der Waals surface area contributed by atoms with Crippen LogP contribution in [0, 0.1) is 0 Å². The number of anilines is 1. The second kappa shape index (κ2) is 4.94. The Balaban J connectivity index is 2.17. The SMILES string of the molecule is CN1CCCC(CN)(Nc2ccccc2O)C1. The van der Waals surface area contributed by atoms with Gasteiger partial charge in [0.05, 0.1) is 11.2 Å². The van der Waals surface area contributed by atoms with Crippen molar-refractivity contribution in [2.24, 2.45) is 5.73 Å². The molecule has 1 saturated heterocycles. The van der Waals surface area contributed by atoms with Crippen LogP contribution >= 0.6 is 0 Å². The molecule has 4 nitrogen and oxygen atoms in total. The van der Waals surface area contributed by atoms with Crippen molar-refractivity contribution < 1.29 is 5.11 Å². The molecule has 0 aromatic heterocycles. The molecule has 1 atom stereocenters. The fraction of sp³-hybridized carbons (Fsp3) is 0.538. The van der Waals surface area contributed by atoms with Crippen LogP contribution in [0.5, 0.6) is 5.75 Å². The van der Waals surface area contributed by atoms with Crippen LogP contribution in [0.3, 0.4) is 0 Å². The molecule has 94 valence electrons. The summed E-state index contributed by atoms with van der Waals surface area (Å²) in [5.41, 5.74) is 6.58. The Hall–Kier alpha value is -1.26. The van der Waals surface area contributed by atoms with Gasteiger partial charge in [-0.1, -0.05) is 12.1 Å². The van der Waals surface area contributed by atoms with E-state index in [-0.39, 0.29) is 11.3 Å². The summed E-state index contributed by atoms with van der Waals surface area (Å²) in [7, 11) is 2.11. The molecule has 0 saturated carbocycles. The van der Waals surface area contributed by atoms with Crippen molar-refractivity contribution in [3.63, 3.8) is 0 Å². The third kappa shape index (κ3) is 2.70. The summed E-state index contributed by atoms with van der Waals surface area (Å²) in [5, 5.41) is 13.2. The third-order valence-electron chi connectivity index (χ3n) is 3.46. The second-order valence-electron chi connectivity index (χ2n) is 4.97. The van der Waals surface area contributed by atoms with Crippen molar-refractivity contribution in [1.82, 2.24) is 4.90 Å². The van der Waals surface area contributed by atoms with Crippen molar-refractivity contribution in [3.8, 4) is 5.75 Å². The number of phenols is 1. The Morgan fingerprint density at radius 1 is 1.47 bits per heavy atom. The lowest BCUT2D eigenvalue weighted by atomic mass is 9.89. The van der Waals surface area contributed by atoms with Gasteiger partial charge in [-0.2, -0.15) is 0 Å².